The number of rotatable bonds is 3. The number of anilines is 3. The van der Waals surface area contributed by atoms with Gasteiger partial charge in [0.2, 0.25) is 17.2 Å². The average molecular weight is 278 g/mol. The molecule has 0 atom stereocenters. The normalized spacial score (nSPS) is 10.4. The molecule has 1 N–H and O–H groups in total. The summed E-state index contributed by atoms with van der Waals surface area (Å²) in [5.74, 6) is 0.963. The van der Waals surface area contributed by atoms with E-state index in [2.05, 4.69) is 26.3 Å². The number of aryl methyl sites for hydroxylation is 2. The molecule has 0 unspecified atom stereocenters. The van der Waals surface area contributed by atoms with Crippen LogP contribution < -0.4 is 10.2 Å². The van der Waals surface area contributed by atoms with E-state index in [1.54, 1.807) is 4.90 Å². The van der Waals surface area contributed by atoms with Gasteiger partial charge in [0, 0.05) is 19.8 Å². The summed E-state index contributed by atoms with van der Waals surface area (Å²) in [6, 6.07) is 6.15. The van der Waals surface area contributed by atoms with Crippen LogP contribution in [0.5, 0.6) is 0 Å². The van der Waals surface area contributed by atoms with E-state index >= 15 is 0 Å². The number of nitrogens with zero attached hydrogens (tertiary/aromatic N) is 4. The summed E-state index contributed by atoms with van der Waals surface area (Å²) in [4.78, 5) is 14.2. The van der Waals surface area contributed by atoms with Crippen LogP contribution in [-0.2, 0) is 0 Å². The maximum Gasteiger partial charge on any atom is 0.233 e. The highest BCUT2D eigenvalue weighted by molar-refractivity contribution is 6.28. The van der Waals surface area contributed by atoms with Gasteiger partial charge in [0.05, 0.1) is 0 Å². The highest BCUT2D eigenvalue weighted by Gasteiger charge is 2.08. The summed E-state index contributed by atoms with van der Waals surface area (Å²) >= 11 is 5.90. The lowest BCUT2D eigenvalue weighted by Crippen LogP contribution is -2.14. The lowest BCUT2D eigenvalue weighted by molar-refractivity contribution is 0.961. The van der Waals surface area contributed by atoms with Gasteiger partial charge in [-0.2, -0.15) is 15.0 Å². The van der Waals surface area contributed by atoms with Crippen LogP contribution in [0.3, 0.4) is 0 Å². The number of benzene rings is 1. The van der Waals surface area contributed by atoms with Gasteiger partial charge >= 0.3 is 0 Å². The molecule has 0 fully saturated rings. The Morgan fingerprint density at radius 2 is 1.84 bits per heavy atom. The van der Waals surface area contributed by atoms with E-state index in [9.17, 15) is 0 Å². The predicted molar refractivity (Wildman–Crippen MR) is 78.4 cm³/mol. The van der Waals surface area contributed by atoms with E-state index in [1.165, 1.54) is 5.56 Å². The zero-order valence-electron chi connectivity index (χ0n) is 11.4. The van der Waals surface area contributed by atoms with Crippen LogP contribution in [0, 0.1) is 13.8 Å². The topological polar surface area (TPSA) is 53.9 Å². The Morgan fingerprint density at radius 1 is 1.11 bits per heavy atom. The lowest BCUT2D eigenvalue weighted by Gasteiger charge is -2.13. The van der Waals surface area contributed by atoms with Gasteiger partial charge in [-0.3, -0.25) is 0 Å². The zero-order chi connectivity index (χ0) is 14.0. The van der Waals surface area contributed by atoms with E-state index in [0.717, 1.165) is 11.3 Å². The van der Waals surface area contributed by atoms with Crippen molar-refractivity contribution >= 4 is 29.2 Å². The van der Waals surface area contributed by atoms with Crippen LogP contribution in [0.2, 0.25) is 5.28 Å². The highest BCUT2D eigenvalue weighted by Crippen LogP contribution is 2.21. The second-order valence-electron chi connectivity index (χ2n) is 4.57. The second kappa shape index (κ2) is 5.40. The monoisotopic (exact) mass is 277 g/mol. The Kier molecular flexibility index (Phi) is 3.85. The first-order chi connectivity index (χ1) is 8.95. The minimum absolute atomic E-state index is 0.173. The van der Waals surface area contributed by atoms with Gasteiger partial charge in [0.1, 0.15) is 0 Å². The Morgan fingerprint density at radius 3 is 2.53 bits per heavy atom. The fourth-order valence-corrected chi connectivity index (χ4v) is 1.74. The van der Waals surface area contributed by atoms with Crippen LogP contribution >= 0.6 is 11.6 Å². The first-order valence-corrected chi connectivity index (χ1v) is 6.26. The summed E-state index contributed by atoms with van der Waals surface area (Å²) in [5.41, 5.74) is 3.25. The summed E-state index contributed by atoms with van der Waals surface area (Å²) in [5, 5.41) is 3.35. The molecule has 0 bridgehead atoms. The SMILES string of the molecule is Cc1ccc(C)c(Nc2nc(Cl)nc(N(C)C)n2)c1. The van der Waals surface area contributed by atoms with Crippen molar-refractivity contribution in [2.75, 3.05) is 24.3 Å². The lowest BCUT2D eigenvalue weighted by atomic mass is 10.1. The summed E-state index contributed by atoms with van der Waals surface area (Å²) < 4.78 is 0. The summed E-state index contributed by atoms with van der Waals surface area (Å²) in [7, 11) is 3.71. The molecule has 0 amide bonds. The van der Waals surface area contributed by atoms with Gasteiger partial charge in [-0.1, -0.05) is 12.1 Å². The molecule has 0 aliphatic rings. The van der Waals surface area contributed by atoms with Gasteiger partial charge in [-0.25, -0.2) is 0 Å². The van der Waals surface area contributed by atoms with E-state index in [4.69, 9.17) is 11.6 Å². The second-order valence-corrected chi connectivity index (χ2v) is 4.90. The largest absolute Gasteiger partial charge is 0.347 e. The number of hydrogen-bond acceptors (Lipinski definition) is 5. The minimum atomic E-state index is 0.173. The van der Waals surface area contributed by atoms with Gasteiger partial charge in [-0.15, -0.1) is 0 Å². The zero-order valence-corrected chi connectivity index (χ0v) is 12.2. The Bertz CT molecular complexity index is 598. The molecule has 0 aliphatic heterocycles. The standard InChI is InChI=1S/C13H16ClN5/c1-8-5-6-9(2)10(7-8)15-12-16-11(14)17-13(18-12)19(3)4/h5-7H,1-4H3,(H,15,16,17,18). The molecule has 1 aromatic heterocycles. The molecule has 0 saturated heterocycles. The van der Waals surface area contributed by atoms with Gasteiger partial charge in [-0.05, 0) is 42.6 Å². The average Bonchev–Trinajstić information content (AvgIpc) is 2.33. The smallest absolute Gasteiger partial charge is 0.233 e. The minimum Gasteiger partial charge on any atom is -0.347 e. The van der Waals surface area contributed by atoms with Crippen molar-refractivity contribution in [3.63, 3.8) is 0 Å². The van der Waals surface area contributed by atoms with E-state index < -0.39 is 0 Å². The molecule has 0 radical (unpaired) electrons. The van der Waals surface area contributed by atoms with E-state index in [1.807, 2.05) is 40.1 Å². The predicted octanol–water partition coefficient (Wildman–Crippen LogP) is 2.95. The molecule has 0 aliphatic carbocycles. The van der Waals surface area contributed by atoms with Gasteiger partial charge < -0.3 is 10.2 Å². The van der Waals surface area contributed by atoms with Crippen LogP contribution in [-0.4, -0.2) is 29.0 Å². The number of aromatic nitrogens is 3. The number of hydrogen-bond donors (Lipinski definition) is 1. The molecule has 2 rings (SSSR count). The number of halogens is 1. The molecular formula is C13H16ClN5. The fraction of sp³-hybridized carbons (Fsp3) is 0.308. The first kappa shape index (κ1) is 13.5. The van der Waals surface area contributed by atoms with Crippen LogP contribution in [0.1, 0.15) is 11.1 Å². The highest BCUT2D eigenvalue weighted by atomic mass is 35.5. The van der Waals surface area contributed by atoms with Crippen molar-refractivity contribution < 1.29 is 0 Å². The molecule has 1 heterocycles. The van der Waals surface area contributed by atoms with Crippen molar-refractivity contribution in [2.24, 2.45) is 0 Å². The Labute approximate surface area is 117 Å². The van der Waals surface area contributed by atoms with Gasteiger partial charge in [0.15, 0.2) is 0 Å². The number of nitrogens with one attached hydrogen (secondary N) is 1. The maximum atomic E-state index is 5.90. The molecule has 5 nitrogen and oxygen atoms in total. The van der Waals surface area contributed by atoms with Crippen molar-refractivity contribution in [3.8, 4) is 0 Å². The molecule has 6 heteroatoms. The molecule has 0 saturated carbocycles. The van der Waals surface area contributed by atoms with Crippen molar-refractivity contribution in [1.82, 2.24) is 15.0 Å². The van der Waals surface area contributed by atoms with Crippen molar-refractivity contribution in [1.29, 1.82) is 0 Å². The first-order valence-electron chi connectivity index (χ1n) is 5.89. The van der Waals surface area contributed by atoms with Crippen LogP contribution in [0.25, 0.3) is 0 Å². The third kappa shape index (κ3) is 3.32. The molecule has 1 aromatic carbocycles. The summed E-state index contributed by atoms with van der Waals surface area (Å²) in [6.45, 7) is 4.06. The van der Waals surface area contributed by atoms with E-state index in [0.29, 0.717) is 11.9 Å². The summed E-state index contributed by atoms with van der Waals surface area (Å²) in [6.07, 6.45) is 0. The Hall–Kier alpha value is -1.88. The van der Waals surface area contributed by atoms with Gasteiger partial charge in [0.25, 0.3) is 0 Å². The third-order valence-corrected chi connectivity index (χ3v) is 2.80. The van der Waals surface area contributed by atoms with Crippen LogP contribution in [0.15, 0.2) is 18.2 Å². The quantitative estimate of drug-likeness (QED) is 0.935. The molecular weight excluding hydrogens is 262 g/mol. The van der Waals surface area contributed by atoms with E-state index in [-0.39, 0.29) is 5.28 Å². The molecule has 19 heavy (non-hydrogen) atoms. The molecule has 2 aromatic rings. The van der Waals surface area contributed by atoms with Crippen molar-refractivity contribution in [3.05, 3.63) is 34.6 Å². The van der Waals surface area contributed by atoms with Crippen LogP contribution in [0.4, 0.5) is 17.6 Å². The third-order valence-electron chi connectivity index (χ3n) is 2.64. The Balaban J connectivity index is 2.35. The van der Waals surface area contributed by atoms with Crippen molar-refractivity contribution in [2.45, 2.75) is 13.8 Å². The molecule has 0 spiro atoms. The molecule has 100 valence electrons. The fourth-order valence-electron chi connectivity index (χ4n) is 1.59. The maximum absolute atomic E-state index is 5.90.